The molecule has 0 amide bonds. The highest BCUT2D eigenvalue weighted by Crippen LogP contribution is 2.46. The van der Waals surface area contributed by atoms with Crippen LogP contribution in [0.3, 0.4) is 0 Å². The Bertz CT molecular complexity index is 1000. The Hall–Kier alpha value is -2.18. The fourth-order valence-corrected chi connectivity index (χ4v) is 6.37. The minimum Gasteiger partial charge on any atom is -0.403 e. The van der Waals surface area contributed by atoms with Crippen LogP contribution in [0.2, 0.25) is 0 Å². The first-order valence-corrected chi connectivity index (χ1v) is 13.6. The fourth-order valence-electron chi connectivity index (χ4n) is 6.37. The van der Waals surface area contributed by atoms with Crippen LogP contribution in [0.1, 0.15) is 89.0 Å². The van der Waals surface area contributed by atoms with Crippen molar-refractivity contribution in [2.24, 2.45) is 17.8 Å². The van der Waals surface area contributed by atoms with Crippen molar-refractivity contribution in [2.75, 3.05) is 0 Å². The maximum atomic E-state index is 15.1. The molecular weight excluding hydrogens is 490 g/mol. The van der Waals surface area contributed by atoms with Gasteiger partial charge in [0.2, 0.25) is 0 Å². The number of benzene rings is 2. The summed E-state index contributed by atoms with van der Waals surface area (Å²) in [6.07, 6.45) is 3.83. The van der Waals surface area contributed by atoms with Crippen molar-refractivity contribution in [3.8, 4) is 16.9 Å². The minimum absolute atomic E-state index is 0.00137. The molecule has 0 bridgehead atoms. The van der Waals surface area contributed by atoms with Crippen LogP contribution in [-0.4, -0.2) is 12.3 Å². The quantitative estimate of drug-likeness (QED) is 0.311. The van der Waals surface area contributed by atoms with E-state index in [1.165, 1.54) is 6.07 Å². The van der Waals surface area contributed by atoms with Crippen molar-refractivity contribution in [3.05, 3.63) is 53.8 Å². The summed E-state index contributed by atoms with van der Waals surface area (Å²) in [5.41, 5.74) is 2.25. The van der Waals surface area contributed by atoms with E-state index in [-0.39, 0.29) is 12.3 Å². The summed E-state index contributed by atoms with van der Waals surface area (Å²) in [6.45, 7) is 2.16. The second kappa shape index (κ2) is 11.7. The van der Waals surface area contributed by atoms with Crippen molar-refractivity contribution in [3.63, 3.8) is 0 Å². The first kappa shape index (κ1) is 27.8. The molecule has 7 heteroatoms. The van der Waals surface area contributed by atoms with Gasteiger partial charge in [-0.2, -0.15) is 0 Å². The van der Waals surface area contributed by atoms with Gasteiger partial charge in [-0.25, -0.2) is 13.2 Å². The second-order valence-electron chi connectivity index (χ2n) is 11.0. The van der Waals surface area contributed by atoms with Gasteiger partial charge < -0.3 is 4.74 Å². The molecule has 4 rings (SSSR count). The van der Waals surface area contributed by atoms with Gasteiger partial charge in [-0.15, -0.1) is 13.2 Å². The third-order valence-electron chi connectivity index (χ3n) is 8.42. The van der Waals surface area contributed by atoms with E-state index in [0.29, 0.717) is 35.8 Å². The number of rotatable bonds is 8. The van der Waals surface area contributed by atoms with E-state index in [4.69, 9.17) is 0 Å². The van der Waals surface area contributed by atoms with Gasteiger partial charge in [-0.3, -0.25) is 0 Å². The Morgan fingerprint density at radius 2 is 1.35 bits per heavy atom. The number of halogens is 6. The third kappa shape index (κ3) is 7.44. The van der Waals surface area contributed by atoms with E-state index in [0.717, 1.165) is 69.1 Å². The van der Waals surface area contributed by atoms with Crippen molar-refractivity contribution >= 4 is 0 Å². The molecule has 204 valence electrons. The SMILES string of the molecule is CCCC1CCC(C(F)(F)CC2CCC(c3ccc(-c4ccc(OC(F)(F)F)c(F)c4)cc3)CC2)CC1. The van der Waals surface area contributed by atoms with Crippen LogP contribution in [-0.2, 0) is 0 Å². The number of ether oxygens (including phenoxy) is 1. The molecule has 0 N–H and O–H groups in total. The van der Waals surface area contributed by atoms with Gasteiger partial charge in [0.05, 0.1) is 0 Å². The average molecular weight is 527 g/mol. The minimum atomic E-state index is -4.95. The topological polar surface area (TPSA) is 9.23 Å². The summed E-state index contributed by atoms with van der Waals surface area (Å²) in [4.78, 5) is 0. The zero-order chi connectivity index (χ0) is 26.6. The highest BCUT2D eigenvalue weighted by Gasteiger charge is 2.43. The Morgan fingerprint density at radius 3 is 1.92 bits per heavy atom. The first-order chi connectivity index (χ1) is 17.5. The van der Waals surface area contributed by atoms with E-state index in [2.05, 4.69) is 11.7 Å². The molecular formula is C30H36F6O. The smallest absolute Gasteiger partial charge is 0.403 e. The van der Waals surface area contributed by atoms with Gasteiger partial charge in [-0.1, -0.05) is 50.1 Å². The lowest BCUT2D eigenvalue weighted by atomic mass is 9.72. The molecule has 0 spiro atoms. The number of hydrogen-bond acceptors (Lipinski definition) is 1. The molecule has 0 radical (unpaired) electrons. The monoisotopic (exact) mass is 526 g/mol. The second-order valence-corrected chi connectivity index (χ2v) is 11.0. The number of hydrogen-bond donors (Lipinski definition) is 0. The predicted molar refractivity (Wildman–Crippen MR) is 133 cm³/mol. The van der Waals surface area contributed by atoms with E-state index in [1.54, 1.807) is 0 Å². The summed E-state index contributed by atoms with van der Waals surface area (Å²) < 4.78 is 85.0. The van der Waals surface area contributed by atoms with E-state index in [1.807, 2.05) is 24.3 Å². The molecule has 0 aromatic heterocycles. The Morgan fingerprint density at radius 1 is 0.757 bits per heavy atom. The van der Waals surface area contributed by atoms with E-state index in [9.17, 15) is 17.6 Å². The average Bonchev–Trinajstić information content (AvgIpc) is 2.85. The van der Waals surface area contributed by atoms with Crippen LogP contribution in [0, 0.1) is 23.6 Å². The largest absolute Gasteiger partial charge is 0.573 e. The van der Waals surface area contributed by atoms with Gasteiger partial charge in [0, 0.05) is 12.3 Å². The molecule has 2 aromatic carbocycles. The molecule has 37 heavy (non-hydrogen) atoms. The van der Waals surface area contributed by atoms with Crippen LogP contribution in [0.25, 0.3) is 11.1 Å². The molecule has 2 fully saturated rings. The Kier molecular flexibility index (Phi) is 8.80. The fraction of sp³-hybridized carbons (Fsp3) is 0.600. The molecule has 0 heterocycles. The maximum Gasteiger partial charge on any atom is 0.573 e. The lowest BCUT2D eigenvalue weighted by molar-refractivity contribution is -0.275. The molecule has 0 saturated heterocycles. The molecule has 1 nitrogen and oxygen atoms in total. The third-order valence-corrected chi connectivity index (χ3v) is 8.42. The van der Waals surface area contributed by atoms with Gasteiger partial charge in [-0.05, 0) is 97.9 Å². The Labute approximate surface area is 215 Å². The summed E-state index contributed by atoms with van der Waals surface area (Å²) in [5, 5.41) is 0. The van der Waals surface area contributed by atoms with E-state index >= 15 is 8.78 Å². The molecule has 0 aliphatic heterocycles. The van der Waals surface area contributed by atoms with Crippen molar-refractivity contribution in [1.82, 2.24) is 0 Å². The zero-order valence-corrected chi connectivity index (χ0v) is 21.3. The van der Waals surface area contributed by atoms with E-state index < -0.39 is 29.8 Å². The lowest BCUT2D eigenvalue weighted by Gasteiger charge is -2.37. The number of alkyl halides is 5. The van der Waals surface area contributed by atoms with Crippen molar-refractivity contribution in [2.45, 2.75) is 95.8 Å². The highest BCUT2D eigenvalue weighted by atomic mass is 19.4. The molecule has 2 aromatic rings. The van der Waals surface area contributed by atoms with Crippen molar-refractivity contribution < 1.29 is 31.1 Å². The van der Waals surface area contributed by atoms with Crippen LogP contribution in [0.4, 0.5) is 26.3 Å². The highest BCUT2D eigenvalue weighted by molar-refractivity contribution is 5.64. The Balaban J connectivity index is 1.29. The summed E-state index contributed by atoms with van der Waals surface area (Å²) >= 11 is 0. The first-order valence-electron chi connectivity index (χ1n) is 13.6. The van der Waals surface area contributed by atoms with Crippen LogP contribution < -0.4 is 4.74 Å². The van der Waals surface area contributed by atoms with Crippen molar-refractivity contribution in [1.29, 1.82) is 0 Å². The molecule has 0 unspecified atom stereocenters. The molecule has 2 aliphatic rings. The zero-order valence-electron chi connectivity index (χ0n) is 21.3. The maximum absolute atomic E-state index is 15.1. The van der Waals surface area contributed by atoms with Crippen LogP contribution in [0.5, 0.6) is 5.75 Å². The molecule has 0 atom stereocenters. The van der Waals surface area contributed by atoms with Crippen LogP contribution >= 0.6 is 0 Å². The molecule has 2 saturated carbocycles. The van der Waals surface area contributed by atoms with Gasteiger partial charge in [0.15, 0.2) is 11.6 Å². The summed E-state index contributed by atoms with van der Waals surface area (Å²) in [5.74, 6) is -4.01. The van der Waals surface area contributed by atoms with Gasteiger partial charge in [0.25, 0.3) is 5.92 Å². The predicted octanol–water partition coefficient (Wildman–Crippen LogP) is 10.3. The van der Waals surface area contributed by atoms with Crippen LogP contribution in [0.15, 0.2) is 42.5 Å². The van der Waals surface area contributed by atoms with Gasteiger partial charge in [0.1, 0.15) is 0 Å². The normalized spacial score (nSPS) is 25.2. The lowest BCUT2D eigenvalue weighted by Crippen LogP contribution is -2.34. The summed E-state index contributed by atoms with van der Waals surface area (Å²) in [6, 6.07) is 10.9. The standard InChI is InChI=1S/C30H36F6O/c1-2-3-20-6-15-26(16-7-20)29(32,33)19-21-4-8-22(9-5-21)23-10-12-24(13-11-23)25-14-17-28(27(31)18-25)37-30(34,35)36/h10-14,17-18,20-22,26H,2-9,15-16,19H2,1H3. The van der Waals surface area contributed by atoms with Gasteiger partial charge >= 0.3 is 6.36 Å². The summed E-state index contributed by atoms with van der Waals surface area (Å²) in [7, 11) is 0. The molecule has 2 aliphatic carbocycles.